The summed E-state index contributed by atoms with van der Waals surface area (Å²) in [6.45, 7) is 2.22. The highest BCUT2D eigenvalue weighted by molar-refractivity contribution is 9.10. The van der Waals surface area contributed by atoms with Gasteiger partial charge in [-0.25, -0.2) is 0 Å². The van der Waals surface area contributed by atoms with E-state index in [1.165, 1.54) is 0 Å². The summed E-state index contributed by atoms with van der Waals surface area (Å²) < 4.78 is 5.81. The van der Waals surface area contributed by atoms with Gasteiger partial charge in [0, 0.05) is 10.9 Å². The largest absolute Gasteiger partial charge is 0.466 e. The Balaban J connectivity index is 2.62. The maximum absolute atomic E-state index is 11.2. The molecule has 0 aliphatic heterocycles. The smallest absolute Gasteiger partial charge is 0.306 e. The number of hydrogen-bond acceptors (Lipinski definition) is 3. The van der Waals surface area contributed by atoms with Gasteiger partial charge in [-0.15, -0.1) is 0 Å². The van der Waals surface area contributed by atoms with Crippen molar-refractivity contribution < 1.29 is 14.6 Å². The van der Waals surface area contributed by atoms with E-state index in [4.69, 9.17) is 9.84 Å². The van der Waals surface area contributed by atoms with Crippen molar-refractivity contribution in [3.8, 4) is 0 Å². The average molecular weight is 287 g/mol. The van der Waals surface area contributed by atoms with E-state index in [2.05, 4.69) is 15.9 Å². The van der Waals surface area contributed by atoms with Gasteiger partial charge < -0.3 is 9.84 Å². The van der Waals surface area contributed by atoms with Crippen molar-refractivity contribution in [2.75, 3.05) is 6.61 Å². The third-order valence-electron chi connectivity index (χ3n) is 2.20. The minimum Gasteiger partial charge on any atom is -0.466 e. The Hall–Kier alpha value is -0.870. The molecular formula is C12H15BrO3. The predicted octanol–water partition coefficient (Wildman–Crippen LogP) is 2.44. The van der Waals surface area contributed by atoms with Gasteiger partial charge in [0.2, 0.25) is 0 Å². The number of aliphatic hydroxyl groups is 1. The highest BCUT2D eigenvalue weighted by atomic mass is 79.9. The fraction of sp³-hybridized carbons (Fsp3) is 0.417. The lowest BCUT2D eigenvalue weighted by Crippen LogP contribution is -2.05. The van der Waals surface area contributed by atoms with Crippen molar-refractivity contribution in [3.05, 3.63) is 33.8 Å². The quantitative estimate of drug-likeness (QED) is 0.846. The molecular weight excluding hydrogens is 272 g/mol. The summed E-state index contributed by atoms with van der Waals surface area (Å²) in [6, 6.07) is 5.62. The Morgan fingerprint density at radius 2 is 2.25 bits per heavy atom. The van der Waals surface area contributed by atoms with E-state index in [0.717, 1.165) is 15.6 Å². The van der Waals surface area contributed by atoms with Crippen molar-refractivity contribution in [1.29, 1.82) is 0 Å². The minimum atomic E-state index is -0.191. The van der Waals surface area contributed by atoms with Crippen LogP contribution in [0.3, 0.4) is 0 Å². The fourth-order valence-corrected chi connectivity index (χ4v) is 1.83. The van der Waals surface area contributed by atoms with Crippen LogP contribution in [0.2, 0.25) is 0 Å². The summed E-state index contributed by atoms with van der Waals surface area (Å²) in [5.41, 5.74) is 1.86. The van der Waals surface area contributed by atoms with Gasteiger partial charge in [0.15, 0.2) is 0 Å². The first kappa shape index (κ1) is 13.2. The van der Waals surface area contributed by atoms with E-state index in [-0.39, 0.29) is 12.6 Å². The lowest BCUT2D eigenvalue weighted by Gasteiger charge is -2.06. The standard InChI is InChI=1S/C12H15BrO3/c1-2-16-12(15)6-4-10-7-9(8-14)3-5-11(10)13/h3,5,7,14H,2,4,6,8H2,1H3. The number of aliphatic hydroxyl groups excluding tert-OH is 1. The molecule has 0 unspecified atom stereocenters. The first-order valence-electron chi connectivity index (χ1n) is 5.21. The first-order chi connectivity index (χ1) is 7.67. The van der Waals surface area contributed by atoms with Gasteiger partial charge in [-0.3, -0.25) is 4.79 Å². The molecule has 16 heavy (non-hydrogen) atoms. The van der Waals surface area contributed by atoms with Crippen LogP contribution in [0.15, 0.2) is 22.7 Å². The zero-order valence-corrected chi connectivity index (χ0v) is 10.8. The summed E-state index contributed by atoms with van der Waals surface area (Å²) in [7, 11) is 0. The lowest BCUT2D eigenvalue weighted by atomic mass is 10.1. The number of hydrogen-bond donors (Lipinski definition) is 1. The number of ether oxygens (including phenoxy) is 1. The molecule has 3 nitrogen and oxygen atoms in total. The molecule has 0 amide bonds. The molecule has 0 saturated carbocycles. The number of esters is 1. The Morgan fingerprint density at radius 3 is 2.88 bits per heavy atom. The van der Waals surface area contributed by atoms with Gasteiger partial charge >= 0.3 is 5.97 Å². The maximum atomic E-state index is 11.2. The fourth-order valence-electron chi connectivity index (χ4n) is 1.39. The molecule has 0 bridgehead atoms. The zero-order valence-electron chi connectivity index (χ0n) is 9.20. The van der Waals surface area contributed by atoms with E-state index >= 15 is 0 Å². The third kappa shape index (κ3) is 3.94. The van der Waals surface area contributed by atoms with E-state index in [1.54, 1.807) is 6.92 Å². The summed E-state index contributed by atoms with van der Waals surface area (Å²) >= 11 is 3.41. The number of carbonyl (C=O) groups is 1. The molecule has 0 fully saturated rings. The van der Waals surface area contributed by atoms with E-state index < -0.39 is 0 Å². The van der Waals surface area contributed by atoms with Gasteiger partial charge in [-0.2, -0.15) is 0 Å². The molecule has 1 N–H and O–H groups in total. The monoisotopic (exact) mass is 286 g/mol. The first-order valence-corrected chi connectivity index (χ1v) is 6.00. The van der Waals surface area contributed by atoms with Crippen molar-refractivity contribution in [3.63, 3.8) is 0 Å². The second-order valence-corrected chi connectivity index (χ2v) is 4.24. The summed E-state index contributed by atoms with van der Waals surface area (Å²) in [4.78, 5) is 11.2. The van der Waals surface area contributed by atoms with Crippen molar-refractivity contribution in [2.24, 2.45) is 0 Å². The number of carbonyl (C=O) groups excluding carboxylic acids is 1. The third-order valence-corrected chi connectivity index (χ3v) is 2.97. The molecule has 0 radical (unpaired) electrons. The number of benzene rings is 1. The zero-order chi connectivity index (χ0) is 12.0. The molecule has 0 atom stereocenters. The molecule has 0 heterocycles. The molecule has 0 saturated heterocycles. The maximum Gasteiger partial charge on any atom is 0.306 e. The van der Waals surface area contributed by atoms with Crippen molar-refractivity contribution in [1.82, 2.24) is 0 Å². The minimum absolute atomic E-state index is 0.0136. The van der Waals surface area contributed by atoms with Crippen LogP contribution in [0.25, 0.3) is 0 Å². The van der Waals surface area contributed by atoms with Crippen LogP contribution in [-0.4, -0.2) is 17.7 Å². The topological polar surface area (TPSA) is 46.5 Å². The Kier molecular flexibility index (Phi) is 5.49. The molecule has 1 rings (SSSR count). The van der Waals surface area contributed by atoms with Crippen LogP contribution in [0.1, 0.15) is 24.5 Å². The molecule has 0 spiro atoms. The van der Waals surface area contributed by atoms with Gasteiger partial charge in [0.05, 0.1) is 13.2 Å². The van der Waals surface area contributed by atoms with E-state index in [0.29, 0.717) is 19.4 Å². The van der Waals surface area contributed by atoms with Gasteiger partial charge in [0.1, 0.15) is 0 Å². The molecule has 0 aliphatic rings. The van der Waals surface area contributed by atoms with Crippen molar-refractivity contribution in [2.45, 2.75) is 26.4 Å². The summed E-state index contributed by atoms with van der Waals surface area (Å²) in [5.74, 6) is -0.191. The molecule has 1 aromatic carbocycles. The lowest BCUT2D eigenvalue weighted by molar-refractivity contribution is -0.143. The van der Waals surface area contributed by atoms with Crippen LogP contribution in [0.4, 0.5) is 0 Å². The van der Waals surface area contributed by atoms with Crippen LogP contribution in [0, 0.1) is 0 Å². The molecule has 0 aliphatic carbocycles. The Labute approximate surface area is 104 Å². The Morgan fingerprint density at radius 1 is 1.50 bits per heavy atom. The Bertz CT molecular complexity index is 363. The molecule has 88 valence electrons. The predicted molar refractivity (Wildman–Crippen MR) is 65.0 cm³/mol. The number of halogens is 1. The average Bonchev–Trinajstić information content (AvgIpc) is 2.28. The van der Waals surface area contributed by atoms with Crippen LogP contribution in [-0.2, 0) is 22.6 Å². The van der Waals surface area contributed by atoms with Gasteiger partial charge in [0.25, 0.3) is 0 Å². The van der Waals surface area contributed by atoms with Crippen LogP contribution >= 0.6 is 15.9 Å². The second kappa shape index (κ2) is 6.66. The van der Waals surface area contributed by atoms with Crippen molar-refractivity contribution >= 4 is 21.9 Å². The van der Waals surface area contributed by atoms with Gasteiger partial charge in [-0.05, 0) is 30.5 Å². The second-order valence-electron chi connectivity index (χ2n) is 3.39. The SMILES string of the molecule is CCOC(=O)CCc1cc(CO)ccc1Br. The number of aryl methyl sites for hydroxylation is 1. The van der Waals surface area contributed by atoms with Crippen LogP contribution < -0.4 is 0 Å². The number of rotatable bonds is 5. The van der Waals surface area contributed by atoms with E-state index in [9.17, 15) is 4.79 Å². The van der Waals surface area contributed by atoms with Gasteiger partial charge in [-0.1, -0.05) is 28.1 Å². The van der Waals surface area contributed by atoms with E-state index in [1.807, 2.05) is 18.2 Å². The molecule has 0 aromatic heterocycles. The summed E-state index contributed by atoms with van der Waals surface area (Å²) in [5, 5.41) is 9.01. The highest BCUT2D eigenvalue weighted by Gasteiger charge is 2.06. The molecule has 1 aromatic rings. The van der Waals surface area contributed by atoms with Crippen LogP contribution in [0.5, 0.6) is 0 Å². The normalized spacial score (nSPS) is 10.2. The highest BCUT2D eigenvalue weighted by Crippen LogP contribution is 2.20. The molecule has 4 heteroatoms. The summed E-state index contributed by atoms with van der Waals surface area (Å²) in [6.07, 6.45) is 0.981.